The highest BCUT2D eigenvalue weighted by atomic mass is 16.6. The number of carbonyl (C=O) groups is 8. The van der Waals surface area contributed by atoms with Crippen molar-refractivity contribution in [3.05, 3.63) is 189 Å². The van der Waals surface area contributed by atoms with Crippen LogP contribution in [-0.4, -0.2) is 184 Å². The van der Waals surface area contributed by atoms with Crippen molar-refractivity contribution >= 4 is 70.1 Å². The number of hydrogen-bond acceptors (Lipinski definition) is 16. The fourth-order valence-electron chi connectivity index (χ4n) is 24.7. The van der Waals surface area contributed by atoms with Gasteiger partial charge in [-0.15, -0.1) is 0 Å². The molecule has 8 amide bonds. The Hall–Kier alpha value is -12.4. The van der Waals surface area contributed by atoms with E-state index in [-0.39, 0.29) is 95.6 Å². The van der Waals surface area contributed by atoms with Gasteiger partial charge in [0.2, 0.25) is 23.6 Å². The molecule has 4 aliphatic heterocycles. The van der Waals surface area contributed by atoms with Gasteiger partial charge in [0.1, 0.15) is 47.5 Å². The molecule has 8 unspecified atom stereocenters. The third kappa shape index (κ3) is 17.5. The number of H-pyrrole nitrogens is 4. The number of aromatic nitrogens is 8. The fraction of sp³-hybridized carbons (Fsp3) is 0.519. The number of imidazole rings is 4. The van der Waals surface area contributed by atoms with Gasteiger partial charge in [0.25, 0.3) is 0 Å². The van der Waals surface area contributed by atoms with Crippen molar-refractivity contribution in [2.24, 2.45) is 59.2 Å². The summed E-state index contributed by atoms with van der Waals surface area (Å²) in [6, 6.07) is 36.8. The first-order chi connectivity index (χ1) is 65.4. The minimum absolute atomic E-state index is 0.0419. The summed E-state index contributed by atoms with van der Waals surface area (Å²) < 4.78 is 19.1. The highest BCUT2D eigenvalue weighted by molar-refractivity contribution is 5.92. The number of alkyl carbamates (subject to hydrolysis) is 4. The van der Waals surface area contributed by atoms with E-state index in [1.165, 1.54) is 111 Å². The van der Waals surface area contributed by atoms with Crippen molar-refractivity contribution in [2.45, 2.75) is 270 Å². The van der Waals surface area contributed by atoms with E-state index in [2.05, 4.69) is 188 Å². The Morgan fingerprint density at radius 3 is 1.10 bits per heavy atom. The molecule has 4 bridgehead atoms. The summed E-state index contributed by atoms with van der Waals surface area (Å²) in [5, 5.41) is 11.0. The molecule has 0 radical (unpaired) electrons. The van der Waals surface area contributed by atoms with E-state index < -0.39 is 48.5 Å². The lowest BCUT2D eigenvalue weighted by atomic mass is 9.73. The third-order valence-electron chi connectivity index (χ3n) is 32.4. The fourth-order valence-corrected chi connectivity index (χ4v) is 24.7. The average molecular weight is 1850 g/mol. The predicted octanol–water partition coefficient (Wildman–Crippen LogP) is 18.9. The van der Waals surface area contributed by atoms with Crippen LogP contribution in [0.4, 0.5) is 19.2 Å². The standard InChI is InChI=1S/C32H38N4O3.C31H36N4O3.C23H30N4O3.C22H28N4O3/c1-16(2)28(35-32(38)39-4)31(37)36-21-9-6-20(13-21)29(36)30-33-25-12-8-19(15-26(25)34-30)22-10-5-17(3)27-23-11-7-18(23)14-24(22)27;1-15(2)28(34-31(37)38-4)30(36)35-25-13-19(25)14-26(35)29-32-23-10-7-18(12-24(23)33-29)20-8-5-16(3)27-21-9-6-17(21)11-22(20)27;1-13(2)19(26-23(29)30-4)22(28)27-17-10-9-16(11-17)20(27)21-24-12-18(25-21)15-7-5-14(3)6-8-15;1-12(2)19(25-22(28)29-4)21(27)26-17-9-15(17)10-18(26)20-23-11-16(24-20)14-7-5-13(3)6-8-14/h5,8,10,12,15-16,18,20-21,23,28-29H,6-7,9,11,13-14H2,1-4H3,(H,33,34)(H,35,38);5,7-8,10,12,15,17,19,21,25-26,28H,6,9,11,13-14H2,1-4H3,(H,32,33)(H,34,37);5-8,12-13,16-17,19-20H,9-11H2,1-4H3,(H,24,25)(H,26,29);5-8,11-12,15,17-19H,9-10H2,1-4H3,(H,23,24)(H,25,28)/t18?,20-,21+,23?,28-,29-;17?,19?,21?,25?,26-,28-;16-,17+,19-,20-;15?,17?,18-,19-/m0000/s1. The van der Waals surface area contributed by atoms with Gasteiger partial charge in [-0.05, 0) is 292 Å². The van der Waals surface area contributed by atoms with Gasteiger partial charge in [-0.3, -0.25) is 19.2 Å². The molecule has 10 fully saturated rings. The van der Waals surface area contributed by atoms with Crippen LogP contribution in [0.2, 0.25) is 0 Å². The molecule has 8 heterocycles. The van der Waals surface area contributed by atoms with E-state index in [0.29, 0.717) is 23.7 Å². The van der Waals surface area contributed by atoms with Crippen molar-refractivity contribution in [3.63, 3.8) is 0 Å². The molecule has 12 aliphatic rings. The molecule has 28 heteroatoms. The van der Waals surface area contributed by atoms with Crippen LogP contribution in [0.5, 0.6) is 0 Å². The number of nitrogens with zero attached hydrogens (tertiary/aromatic N) is 8. The molecule has 716 valence electrons. The zero-order chi connectivity index (χ0) is 95.4. The number of likely N-dealkylation sites (tertiary alicyclic amines) is 4. The number of aryl methyl sites for hydroxylation is 4. The number of carbonyl (C=O) groups excluding carboxylic acids is 8. The highest BCUT2D eigenvalue weighted by Gasteiger charge is 2.59. The normalized spacial score (nSPS) is 25.8. The number of fused-ring (bicyclic) bond motifs is 14. The predicted molar refractivity (Wildman–Crippen MR) is 519 cm³/mol. The maximum atomic E-state index is 13.9. The van der Waals surface area contributed by atoms with Gasteiger partial charge in [-0.2, -0.15) is 0 Å². The Morgan fingerprint density at radius 1 is 0.360 bits per heavy atom. The molecule has 20 atom stereocenters. The molecule has 22 rings (SSSR count). The maximum absolute atomic E-state index is 13.9. The van der Waals surface area contributed by atoms with Crippen molar-refractivity contribution in [1.82, 2.24) is 80.7 Å². The van der Waals surface area contributed by atoms with E-state index in [0.717, 1.165) is 156 Å². The number of methoxy groups -OCH3 is 4. The summed E-state index contributed by atoms with van der Waals surface area (Å²) >= 11 is 0. The highest BCUT2D eigenvalue weighted by Crippen LogP contribution is 2.59. The zero-order valence-corrected chi connectivity index (χ0v) is 81.2. The van der Waals surface area contributed by atoms with Gasteiger partial charge in [0.15, 0.2) is 0 Å². The van der Waals surface area contributed by atoms with E-state index >= 15 is 0 Å². The summed E-state index contributed by atoms with van der Waals surface area (Å²) in [7, 11) is 5.27. The SMILES string of the molecule is COC(=O)N[C@H](C(=O)N1C2CC2C[C@H]1c1nc2ccc(-c3ccc(C)c4c3CC3CCC43)cc2[nH]1)C(C)C.COC(=O)N[C@H](C(=O)N1C2CC2C[C@H]1c1ncc(-c2ccc(C)cc2)[nH]1)C(C)C.COC(=O)N[C@H](C(=O)N1[C@@H]2CC[C@@H](C2)[C@H]1c1nc2ccc(-c3ccc(C)c4c3CC3CCC43)cc2[nH]1)C(C)C.COC(=O)N[C@H](C(=O)N1[C@@H]2CC[C@@H](C2)[C@H]1c1ncc(-c2ccc(C)cc2)[nH]1)C(C)C. The first kappa shape index (κ1) is 92.7. The molecule has 8 aliphatic carbocycles. The number of amides is 8. The van der Waals surface area contributed by atoms with Crippen LogP contribution >= 0.6 is 0 Å². The Labute approximate surface area is 795 Å². The minimum Gasteiger partial charge on any atom is -0.453 e. The summed E-state index contributed by atoms with van der Waals surface area (Å²) in [5.74, 6) is 7.88. The Kier molecular flexibility index (Phi) is 25.6. The second-order valence-corrected chi connectivity index (χ2v) is 42.1. The van der Waals surface area contributed by atoms with Crippen LogP contribution < -0.4 is 21.3 Å². The maximum Gasteiger partial charge on any atom is 0.407 e. The first-order valence-corrected chi connectivity index (χ1v) is 49.6. The first-order valence-electron chi connectivity index (χ1n) is 49.6. The number of ether oxygens (including phenoxy) is 4. The lowest BCUT2D eigenvalue weighted by Gasteiger charge is -2.37. The molecular formula is C108H132N16O12. The molecule has 10 aromatic rings. The number of aromatic amines is 4. The second-order valence-electron chi connectivity index (χ2n) is 42.1. The van der Waals surface area contributed by atoms with Gasteiger partial charge in [-0.25, -0.2) is 39.1 Å². The van der Waals surface area contributed by atoms with Gasteiger partial charge in [-0.1, -0.05) is 151 Å². The van der Waals surface area contributed by atoms with E-state index in [9.17, 15) is 38.4 Å². The number of nitrogens with one attached hydrogen (secondary N) is 8. The Bertz CT molecular complexity index is 6230. The van der Waals surface area contributed by atoms with Crippen LogP contribution in [0.25, 0.3) is 66.8 Å². The number of hydrogen-bond donors (Lipinski definition) is 8. The molecule has 4 aromatic heterocycles. The summed E-state index contributed by atoms with van der Waals surface area (Å²) in [6.07, 6.45) is 19.1. The van der Waals surface area contributed by atoms with Gasteiger partial charge < -0.3 is 79.8 Å². The van der Waals surface area contributed by atoms with Gasteiger partial charge >= 0.3 is 24.4 Å². The number of rotatable bonds is 20. The summed E-state index contributed by atoms with van der Waals surface area (Å²) in [6.45, 7) is 24.2. The Balaban J connectivity index is 0.000000117. The van der Waals surface area contributed by atoms with Crippen molar-refractivity contribution in [2.75, 3.05) is 28.4 Å². The van der Waals surface area contributed by atoms with Crippen LogP contribution in [0, 0.1) is 86.9 Å². The molecule has 0 spiro atoms. The van der Waals surface area contributed by atoms with Crippen LogP contribution in [0.15, 0.2) is 122 Å². The van der Waals surface area contributed by atoms with Crippen LogP contribution in [0.3, 0.4) is 0 Å². The van der Waals surface area contributed by atoms with Crippen molar-refractivity contribution < 1.29 is 57.3 Å². The van der Waals surface area contributed by atoms with Gasteiger partial charge in [0, 0.05) is 24.2 Å². The van der Waals surface area contributed by atoms with E-state index in [1.807, 2.05) is 87.4 Å². The third-order valence-corrected chi connectivity index (χ3v) is 32.4. The van der Waals surface area contributed by atoms with E-state index in [4.69, 9.17) is 28.9 Å². The second kappa shape index (κ2) is 37.6. The van der Waals surface area contributed by atoms with Crippen molar-refractivity contribution in [3.8, 4) is 44.8 Å². The number of benzene rings is 6. The molecule has 6 aromatic carbocycles. The molecule has 8 N–H and O–H groups in total. The minimum atomic E-state index is -0.630. The van der Waals surface area contributed by atoms with Crippen LogP contribution in [0.1, 0.15) is 249 Å². The molecule has 136 heavy (non-hydrogen) atoms. The topological polar surface area (TPSA) is 349 Å². The largest absolute Gasteiger partial charge is 0.453 e. The molecular weight excluding hydrogens is 1710 g/mol. The Morgan fingerprint density at radius 2 is 0.713 bits per heavy atom. The quantitative estimate of drug-likeness (QED) is 0.0329. The smallest absolute Gasteiger partial charge is 0.407 e. The average Bonchev–Trinajstić information content (AvgIpc) is 1.57. The lowest BCUT2D eigenvalue weighted by Crippen LogP contribution is -2.54. The molecule has 28 nitrogen and oxygen atoms in total. The summed E-state index contributed by atoms with van der Waals surface area (Å²) in [5.41, 5.74) is 24.7. The van der Waals surface area contributed by atoms with Crippen molar-refractivity contribution in [1.29, 1.82) is 0 Å². The molecule has 4 saturated heterocycles. The van der Waals surface area contributed by atoms with Crippen LogP contribution in [-0.2, 0) is 51.0 Å². The molecule has 6 saturated carbocycles. The zero-order valence-electron chi connectivity index (χ0n) is 81.2. The monoisotopic (exact) mass is 1850 g/mol. The summed E-state index contributed by atoms with van der Waals surface area (Å²) in [4.78, 5) is 143. The lowest BCUT2D eigenvalue weighted by molar-refractivity contribution is -0.140. The van der Waals surface area contributed by atoms with Gasteiger partial charge in [0.05, 0.1) is 98.5 Å². The number of piperidine rings is 4. The van der Waals surface area contributed by atoms with E-state index in [1.54, 1.807) is 22.3 Å².